The van der Waals surface area contributed by atoms with Crippen molar-refractivity contribution in [1.29, 1.82) is 0 Å². The van der Waals surface area contributed by atoms with Gasteiger partial charge in [0.1, 0.15) is 0 Å². The first kappa shape index (κ1) is 23.1. The Bertz CT molecular complexity index is 1030. The molecular weight excluding hydrogens is 418 g/mol. The minimum atomic E-state index is -3.49. The number of para-hydroxylation sites is 2. The average Bonchev–Trinajstić information content (AvgIpc) is 2.65. The van der Waals surface area contributed by atoms with E-state index in [1.54, 1.807) is 37.3 Å². The van der Waals surface area contributed by atoms with Crippen LogP contribution in [-0.4, -0.2) is 34.3 Å². The van der Waals surface area contributed by atoms with Gasteiger partial charge in [-0.1, -0.05) is 30.3 Å². The van der Waals surface area contributed by atoms with Gasteiger partial charge in [0.05, 0.1) is 25.1 Å². The number of carbonyl (C=O) groups is 1. The quantitative estimate of drug-likeness (QED) is 0.582. The van der Waals surface area contributed by atoms with Gasteiger partial charge in [0.2, 0.25) is 15.9 Å². The Balaban J connectivity index is 2.18. The smallest absolute Gasteiger partial charge is 0.387 e. The second kappa shape index (κ2) is 10.1. The number of sulfonamides is 1. The summed E-state index contributed by atoms with van der Waals surface area (Å²) in [7, 11) is -2.18. The fourth-order valence-electron chi connectivity index (χ4n) is 2.71. The number of carbonyl (C=O) groups excluding carboxylic acids is 1. The molecule has 0 heterocycles. The Morgan fingerprint density at radius 1 is 1.13 bits per heavy atom. The summed E-state index contributed by atoms with van der Waals surface area (Å²) < 4.78 is 60.4. The first-order chi connectivity index (χ1) is 14.1. The number of rotatable bonds is 9. The van der Waals surface area contributed by atoms with E-state index >= 15 is 0 Å². The van der Waals surface area contributed by atoms with E-state index in [-0.39, 0.29) is 17.1 Å². The Morgan fingerprint density at radius 2 is 1.83 bits per heavy atom. The largest absolute Gasteiger partial charge is 0.493 e. The highest BCUT2D eigenvalue weighted by Crippen LogP contribution is 2.33. The van der Waals surface area contributed by atoms with E-state index in [1.807, 2.05) is 0 Å². The number of hydrogen-bond acceptors (Lipinski definition) is 5. The number of halogens is 2. The highest BCUT2D eigenvalue weighted by molar-refractivity contribution is 7.92. The molecule has 162 valence electrons. The zero-order chi connectivity index (χ0) is 22.3. The van der Waals surface area contributed by atoms with Gasteiger partial charge in [0.25, 0.3) is 0 Å². The third kappa shape index (κ3) is 6.73. The lowest BCUT2D eigenvalue weighted by atomic mass is 10.1. The van der Waals surface area contributed by atoms with E-state index in [9.17, 15) is 22.0 Å². The van der Waals surface area contributed by atoms with E-state index in [1.165, 1.54) is 25.3 Å². The van der Waals surface area contributed by atoms with Gasteiger partial charge in [0, 0.05) is 11.6 Å². The molecule has 0 aliphatic carbocycles. The van der Waals surface area contributed by atoms with Gasteiger partial charge < -0.3 is 14.8 Å². The number of alkyl halides is 2. The molecule has 0 aliphatic heterocycles. The molecule has 2 N–H and O–H groups in total. The van der Waals surface area contributed by atoms with Crippen molar-refractivity contribution in [2.75, 3.05) is 18.1 Å². The van der Waals surface area contributed by atoms with Crippen molar-refractivity contribution in [2.45, 2.75) is 19.6 Å². The van der Waals surface area contributed by atoms with Gasteiger partial charge in [-0.05, 0) is 30.7 Å². The molecule has 1 atom stereocenters. The molecule has 0 aliphatic rings. The average molecular weight is 440 g/mol. The number of hydrogen-bond donors (Lipinski definition) is 2. The molecule has 0 aromatic heterocycles. The van der Waals surface area contributed by atoms with Gasteiger partial charge in [-0.15, -0.1) is 0 Å². The number of anilines is 1. The van der Waals surface area contributed by atoms with Gasteiger partial charge >= 0.3 is 6.61 Å². The topological polar surface area (TPSA) is 93.7 Å². The van der Waals surface area contributed by atoms with Gasteiger partial charge in [-0.25, -0.2) is 8.42 Å². The van der Waals surface area contributed by atoms with E-state index in [0.29, 0.717) is 11.3 Å². The predicted octanol–water partition coefficient (Wildman–Crippen LogP) is 3.56. The molecule has 2 aromatic rings. The number of nitrogens with one attached hydrogen (secondary N) is 2. The van der Waals surface area contributed by atoms with Crippen LogP contribution in [-0.2, 0) is 14.8 Å². The summed E-state index contributed by atoms with van der Waals surface area (Å²) in [6.07, 6.45) is 3.52. The zero-order valence-electron chi connectivity index (χ0n) is 16.6. The highest BCUT2D eigenvalue weighted by Gasteiger charge is 2.16. The number of benzene rings is 2. The van der Waals surface area contributed by atoms with Crippen LogP contribution in [0.4, 0.5) is 14.5 Å². The third-order valence-corrected chi connectivity index (χ3v) is 4.52. The SMILES string of the molecule is COc1cccc(C=CC(=O)NC(C)c2ccccc2NS(C)(=O)=O)c1OC(F)F. The van der Waals surface area contributed by atoms with Gasteiger partial charge in [0.15, 0.2) is 11.5 Å². The molecule has 0 spiro atoms. The van der Waals surface area contributed by atoms with E-state index in [0.717, 1.165) is 12.3 Å². The highest BCUT2D eigenvalue weighted by atomic mass is 32.2. The number of ether oxygens (including phenoxy) is 2. The monoisotopic (exact) mass is 440 g/mol. The predicted molar refractivity (Wildman–Crippen MR) is 110 cm³/mol. The number of amides is 1. The lowest BCUT2D eigenvalue weighted by Gasteiger charge is -2.17. The van der Waals surface area contributed by atoms with Crippen molar-refractivity contribution >= 4 is 27.7 Å². The van der Waals surface area contributed by atoms with Crippen LogP contribution >= 0.6 is 0 Å². The molecule has 0 radical (unpaired) electrons. The normalized spacial score (nSPS) is 12.6. The lowest BCUT2D eigenvalue weighted by molar-refractivity contribution is -0.117. The van der Waals surface area contributed by atoms with Crippen LogP contribution in [0.5, 0.6) is 11.5 Å². The fourth-order valence-corrected chi connectivity index (χ4v) is 3.30. The summed E-state index contributed by atoms with van der Waals surface area (Å²) in [6.45, 7) is -1.37. The van der Waals surface area contributed by atoms with E-state index < -0.39 is 28.6 Å². The van der Waals surface area contributed by atoms with Crippen LogP contribution in [0.25, 0.3) is 6.08 Å². The first-order valence-corrected chi connectivity index (χ1v) is 10.7. The molecule has 2 rings (SSSR count). The maximum absolute atomic E-state index is 12.7. The third-order valence-electron chi connectivity index (χ3n) is 3.93. The summed E-state index contributed by atoms with van der Waals surface area (Å²) >= 11 is 0. The first-order valence-electron chi connectivity index (χ1n) is 8.78. The molecule has 0 bridgehead atoms. The van der Waals surface area contributed by atoms with E-state index in [2.05, 4.69) is 14.8 Å². The lowest BCUT2D eigenvalue weighted by Crippen LogP contribution is -2.25. The maximum atomic E-state index is 12.7. The van der Waals surface area contributed by atoms with Crippen molar-refractivity contribution in [3.8, 4) is 11.5 Å². The van der Waals surface area contributed by atoms with Gasteiger partial charge in [-0.2, -0.15) is 8.78 Å². The van der Waals surface area contributed by atoms with Crippen LogP contribution in [0.2, 0.25) is 0 Å². The van der Waals surface area contributed by atoms with Crippen molar-refractivity contribution in [2.24, 2.45) is 0 Å². The van der Waals surface area contributed by atoms with Crippen LogP contribution in [0, 0.1) is 0 Å². The summed E-state index contributed by atoms with van der Waals surface area (Å²) in [5.41, 5.74) is 1.14. The summed E-state index contributed by atoms with van der Waals surface area (Å²) in [5, 5.41) is 2.70. The molecular formula is C20H22F2N2O5S. The fraction of sp³-hybridized carbons (Fsp3) is 0.250. The molecule has 30 heavy (non-hydrogen) atoms. The van der Waals surface area contributed by atoms with Crippen molar-refractivity contribution in [3.63, 3.8) is 0 Å². The minimum absolute atomic E-state index is 0.104. The van der Waals surface area contributed by atoms with E-state index in [4.69, 9.17) is 4.74 Å². The summed E-state index contributed by atoms with van der Waals surface area (Å²) in [6, 6.07) is 10.6. The van der Waals surface area contributed by atoms with Crippen LogP contribution in [0.3, 0.4) is 0 Å². The standard InChI is InChI=1S/C20H22F2N2O5S/c1-13(15-8-4-5-9-16(15)24-30(3,26)27)23-18(25)12-11-14-7-6-10-17(28-2)19(14)29-20(21)22/h4-13,20,24H,1-3H3,(H,23,25). The van der Waals surface area contributed by atoms with Crippen LogP contribution < -0.4 is 19.5 Å². The number of methoxy groups -OCH3 is 1. The molecule has 1 unspecified atom stereocenters. The van der Waals surface area contributed by atoms with Crippen molar-refractivity contribution in [1.82, 2.24) is 5.32 Å². The van der Waals surface area contributed by atoms with Crippen LogP contribution in [0.15, 0.2) is 48.5 Å². The molecule has 10 heteroatoms. The molecule has 0 saturated carbocycles. The molecule has 0 saturated heterocycles. The van der Waals surface area contributed by atoms with Crippen molar-refractivity contribution in [3.05, 3.63) is 59.7 Å². The Hall–Kier alpha value is -3.14. The second-order valence-corrected chi connectivity index (χ2v) is 8.03. The van der Waals surface area contributed by atoms with Crippen molar-refractivity contribution < 1.29 is 31.5 Å². The van der Waals surface area contributed by atoms with Crippen LogP contribution in [0.1, 0.15) is 24.1 Å². The maximum Gasteiger partial charge on any atom is 0.387 e. The minimum Gasteiger partial charge on any atom is -0.493 e. The molecule has 7 nitrogen and oxygen atoms in total. The molecule has 0 fully saturated rings. The summed E-state index contributed by atoms with van der Waals surface area (Å²) in [4.78, 5) is 12.3. The molecule has 2 aromatic carbocycles. The Labute approximate surface area is 173 Å². The Kier molecular flexibility index (Phi) is 7.76. The summed E-state index contributed by atoms with van der Waals surface area (Å²) in [5.74, 6) is -0.593. The molecule has 1 amide bonds. The second-order valence-electron chi connectivity index (χ2n) is 6.28. The Morgan fingerprint density at radius 3 is 2.47 bits per heavy atom. The zero-order valence-corrected chi connectivity index (χ0v) is 17.4. The van der Waals surface area contributed by atoms with Gasteiger partial charge in [-0.3, -0.25) is 9.52 Å².